The van der Waals surface area contributed by atoms with Crippen molar-refractivity contribution in [1.82, 2.24) is 4.90 Å². The molecule has 2 saturated carbocycles. The van der Waals surface area contributed by atoms with Crippen LogP contribution in [0.4, 0.5) is 5.69 Å². The van der Waals surface area contributed by atoms with Gasteiger partial charge in [0.15, 0.2) is 0 Å². The van der Waals surface area contributed by atoms with E-state index in [2.05, 4.69) is 19.1 Å². The molecule has 0 unspecified atom stereocenters. The van der Waals surface area contributed by atoms with Crippen LogP contribution in [0.2, 0.25) is 5.02 Å². The number of halogens is 1. The molecule has 1 heterocycles. The molecule has 3 fully saturated rings. The SMILES string of the molecule is CCc1ccc(N(CN2C(=O)[C@@H]3[C@@H]4C=C[C@H]([C@H]5C[C@H]45)[C@@H]3C2=O)C(=O)c2ccccc2Cl)cc1. The average Bonchev–Trinajstić information content (AvgIpc) is 3.62. The number of anilines is 1. The van der Waals surface area contributed by atoms with Crippen molar-refractivity contribution >= 4 is 35.0 Å². The minimum absolute atomic E-state index is 0.102. The fourth-order valence-electron chi connectivity index (χ4n) is 6.25. The Morgan fingerprint density at radius 3 is 2.15 bits per heavy atom. The van der Waals surface area contributed by atoms with Crippen molar-refractivity contribution < 1.29 is 14.4 Å². The molecule has 4 aliphatic carbocycles. The predicted molar refractivity (Wildman–Crippen MR) is 125 cm³/mol. The van der Waals surface area contributed by atoms with Gasteiger partial charge in [0, 0.05) is 5.69 Å². The van der Waals surface area contributed by atoms with Crippen molar-refractivity contribution in [2.45, 2.75) is 19.8 Å². The number of allylic oxidation sites excluding steroid dienone is 2. The highest BCUT2D eigenvalue weighted by Crippen LogP contribution is 2.65. The van der Waals surface area contributed by atoms with E-state index in [-0.39, 0.29) is 48.1 Å². The van der Waals surface area contributed by atoms with Crippen LogP contribution in [0.25, 0.3) is 0 Å². The maximum absolute atomic E-state index is 13.6. The third-order valence-corrected chi connectivity index (χ3v) is 8.37. The van der Waals surface area contributed by atoms with Gasteiger partial charge in [0.05, 0.1) is 22.4 Å². The van der Waals surface area contributed by atoms with Crippen LogP contribution in [0, 0.1) is 35.5 Å². The number of benzene rings is 2. The lowest BCUT2D eigenvalue weighted by Gasteiger charge is -2.37. The van der Waals surface area contributed by atoms with E-state index >= 15 is 0 Å². The van der Waals surface area contributed by atoms with E-state index in [9.17, 15) is 14.4 Å². The minimum atomic E-state index is -0.329. The molecule has 1 saturated heterocycles. The molecule has 0 aromatic heterocycles. The molecule has 2 aromatic rings. The Hall–Kier alpha value is -2.92. The second-order valence-electron chi connectivity index (χ2n) is 9.63. The van der Waals surface area contributed by atoms with Gasteiger partial charge >= 0.3 is 0 Å². The molecule has 7 rings (SSSR count). The highest BCUT2D eigenvalue weighted by atomic mass is 35.5. The van der Waals surface area contributed by atoms with Crippen molar-refractivity contribution in [3.05, 3.63) is 76.8 Å². The van der Waals surface area contributed by atoms with Crippen LogP contribution in [0.3, 0.4) is 0 Å². The summed E-state index contributed by atoms with van der Waals surface area (Å²) in [6, 6.07) is 14.5. The molecule has 0 radical (unpaired) electrons. The largest absolute Gasteiger partial charge is 0.290 e. The third kappa shape index (κ3) is 3.09. The van der Waals surface area contributed by atoms with E-state index in [4.69, 9.17) is 11.6 Å². The molecule has 0 spiro atoms. The fraction of sp³-hybridized carbons (Fsp3) is 0.370. The number of nitrogens with zero attached hydrogens (tertiary/aromatic N) is 2. The van der Waals surface area contributed by atoms with Gasteiger partial charge in [-0.1, -0.05) is 54.9 Å². The van der Waals surface area contributed by atoms with Crippen molar-refractivity contribution in [2.75, 3.05) is 11.6 Å². The second kappa shape index (κ2) is 7.56. The molecule has 1 aliphatic heterocycles. The first-order chi connectivity index (χ1) is 16.0. The summed E-state index contributed by atoms with van der Waals surface area (Å²) in [7, 11) is 0. The summed E-state index contributed by atoms with van der Waals surface area (Å²) in [5.74, 6) is 0.219. The van der Waals surface area contributed by atoms with Gasteiger partial charge in [-0.25, -0.2) is 0 Å². The summed E-state index contributed by atoms with van der Waals surface area (Å²) in [5, 5.41) is 0.341. The number of carbonyl (C=O) groups is 3. The van der Waals surface area contributed by atoms with E-state index < -0.39 is 0 Å². The summed E-state index contributed by atoms with van der Waals surface area (Å²) in [6.45, 7) is 1.97. The van der Waals surface area contributed by atoms with Crippen molar-refractivity contribution in [2.24, 2.45) is 35.5 Å². The number of rotatable bonds is 5. The first kappa shape index (κ1) is 20.7. The molecular weight excluding hydrogens is 436 g/mol. The highest BCUT2D eigenvalue weighted by Gasteiger charge is 2.67. The van der Waals surface area contributed by atoms with Crippen LogP contribution in [-0.4, -0.2) is 29.3 Å². The number of aryl methyl sites for hydroxylation is 1. The van der Waals surface area contributed by atoms with E-state index in [1.165, 1.54) is 9.80 Å². The van der Waals surface area contributed by atoms with Crippen molar-refractivity contribution in [3.63, 3.8) is 0 Å². The predicted octanol–water partition coefficient (Wildman–Crippen LogP) is 4.56. The Kier molecular flexibility index (Phi) is 4.73. The summed E-state index contributed by atoms with van der Waals surface area (Å²) < 4.78 is 0. The number of carbonyl (C=O) groups excluding carboxylic acids is 3. The zero-order valence-electron chi connectivity index (χ0n) is 18.4. The molecule has 33 heavy (non-hydrogen) atoms. The van der Waals surface area contributed by atoms with E-state index in [0.29, 0.717) is 28.1 Å². The molecular formula is C27H25ClN2O3. The first-order valence-electron chi connectivity index (χ1n) is 11.7. The van der Waals surface area contributed by atoms with E-state index in [1.807, 2.05) is 24.3 Å². The molecule has 5 aliphatic rings. The Balaban J connectivity index is 1.35. The average molecular weight is 461 g/mol. The van der Waals surface area contributed by atoms with Crippen LogP contribution < -0.4 is 4.90 Å². The fourth-order valence-corrected chi connectivity index (χ4v) is 6.47. The molecule has 3 amide bonds. The molecule has 2 aromatic carbocycles. The number of hydrogen-bond acceptors (Lipinski definition) is 3. The van der Waals surface area contributed by atoms with Gasteiger partial charge in [-0.3, -0.25) is 24.2 Å². The third-order valence-electron chi connectivity index (χ3n) is 8.04. The molecule has 5 nitrogen and oxygen atoms in total. The molecule has 168 valence electrons. The first-order valence-corrected chi connectivity index (χ1v) is 12.1. The highest BCUT2D eigenvalue weighted by molar-refractivity contribution is 6.34. The van der Waals surface area contributed by atoms with Gasteiger partial charge in [0.1, 0.15) is 6.67 Å². The standard InChI is InChI=1S/C27H25ClN2O3/c1-2-15-7-9-16(10-8-15)29(25(31)19-5-3-4-6-22(19)28)14-30-26(32)23-17-11-12-18(21-13-20(17)21)24(23)27(30)33/h3-12,17-18,20-21,23-24H,2,13-14H2,1H3/t17-,18-,20-,21-,23-,24+/m1/s1. The topological polar surface area (TPSA) is 57.7 Å². The molecule has 6 heteroatoms. The van der Waals surface area contributed by atoms with Gasteiger partial charge in [-0.05, 0) is 66.3 Å². The van der Waals surface area contributed by atoms with Crippen LogP contribution in [-0.2, 0) is 16.0 Å². The monoisotopic (exact) mass is 460 g/mol. The van der Waals surface area contributed by atoms with E-state index in [0.717, 1.165) is 18.4 Å². The van der Waals surface area contributed by atoms with Gasteiger partial charge in [0.25, 0.3) is 5.91 Å². The van der Waals surface area contributed by atoms with Crippen molar-refractivity contribution in [3.8, 4) is 0 Å². The summed E-state index contributed by atoms with van der Waals surface area (Å²) in [6.07, 6.45) is 6.32. The van der Waals surface area contributed by atoms with Crippen LogP contribution in [0.5, 0.6) is 0 Å². The lowest BCUT2D eigenvalue weighted by atomic mass is 9.63. The lowest BCUT2D eigenvalue weighted by molar-refractivity contribution is -0.140. The quantitative estimate of drug-likeness (QED) is 0.485. The van der Waals surface area contributed by atoms with Gasteiger partial charge in [0.2, 0.25) is 11.8 Å². The number of likely N-dealkylation sites (tertiary alicyclic amines) is 1. The van der Waals surface area contributed by atoms with Crippen LogP contribution in [0.1, 0.15) is 29.3 Å². The van der Waals surface area contributed by atoms with E-state index in [1.54, 1.807) is 24.3 Å². The Morgan fingerprint density at radius 1 is 0.970 bits per heavy atom. The zero-order chi connectivity index (χ0) is 22.9. The smallest absolute Gasteiger partial charge is 0.261 e. The van der Waals surface area contributed by atoms with Crippen molar-refractivity contribution in [1.29, 1.82) is 0 Å². The Morgan fingerprint density at radius 2 is 1.58 bits per heavy atom. The number of imide groups is 1. The van der Waals surface area contributed by atoms with Gasteiger partial charge < -0.3 is 0 Å². The van der Waals surface area contributed by atoms with Gasteiger partial charge in [-0.2, -0.15) is 0 Å². The van der Waals surface area contributed by atoms with Crippen LogP contribution in [0.15, 0.2) is 60.7 Å². The lowest BCUT2D eigenvalue weighted by Crippen LogP contribution is -2.45. The molecule has 2 bridgehead atoms. The zero-order valence-corrected chi connectivity index (χ0v) is 19.1. The summed E-state index contributed by atoms with van der Waals surface area (Å²) in [4.78, 5) is 43.4. The van der Waals surface area contributed by atoms with Gasteiger partial charge in [-0.15, -0.1) is 0 Å². The summed E-state index contributed by atoms with van der Waals surface area (Å²) in [5.41, 5.74) is 2.12. The summed E-state index contributed by atoms with van der Waals surface area (Å²) >= 11 is 6.34. The normalized spacial score (nSPS) is 30.9. The Bertz CT molecular complexity index is 1150. The maximum atomic E-state index is 13.6. The molecule has 0 N–H and O–H groups in total. The molecule has 6 atom stereocenters. The van der Waals surface area contributed by atoms with Crippen LogP contribution >= 0.6 is 11.6 Å². The minimum Gasteiger partial charge on any atom is -0.290 e. The number of hydrogen-bond donors (Lipinski definition) is 0. The number of amides is 3. The second-order valence-corrected chi connectivity index (χ2v) is 10.0. The maximum Gasteiger partial charge on any atom is 0.261 e. The Labute approximate surface area is 198 Å².